The van der Waals surface area contributed by atoms with E-state index >= 15 is 0 Å². The predicted octanol–water partition coefficient (Wildman–Crippen LogP) is 3.84. The monoisotopic (exact) mass is 386 g/mol. The number of rotatable bonds is 7. The fourth-order valence-electron chi connectivity index (χ4n) is 2.59. The topological polar surface area (TPSA) is 81.4 Å². The molecule has 27 heavy (non-hydrogen) atoms. The molecule has 0 aliphatic rings. The highest BCUT2D eigenvalue weighted by Crippen LogP contribution is 2.36. The van der Waals surface area contributed by atoms with Crippen molar-refractivity contribution in [2.24, 2.45) is 5.73 Å². The van der Waals surface area contributed by atoms with Gasteiger partial charge in [-0.2, -0.15) is 0 Å². The molecule has 6 heteroatoms. The van der Waals surface area contributed by atoms with Crippen molar-refractivity contribution in [1.82, 2.24) is 5.32 Å². The Bertz CT molecular complexity index is 822. The van der Waals surface area contributed by atoms with E-state index in [0.717, 1.165) is 10.8 Å². The van der Waals surface area contributed by atoms with Crippen molar-refractivity contribution < 1.29 is 14.0 Å². The summed E-state index contributed by atoms with van der Waals surface area (Å²) in [6.45, 7) is 11.2. The number of nitrogens with one attached hydrogen (secondary N) is 1. The summed E-state index contributed by atoms with van der Waals surface area (Å²) < 4.78 is 6.11. The number of benzene rings is 2. The summed E-state index contributed by atoms with van der Waals surface area (Å²) in [5.74, 6) is -0.856. The molecule has 2 aromatic carbocycles. The Hall–Kier alpha value is -2.18. The number of nitrogens with two attached hydrogens (primary N) is 1. The van der Waals surface area contributed by atoms with Crippen molar-refractivity contribution in [3.8, 4) is 0 Å². The normalized spacial score (nSPS) is 13.4. The molecular weight excluding hydrogens is 356 g/mol. The van der Waals surface area contributed by atoms with Crippen molar-refractivity contribution in [3.63, 3.8) is 0 Å². The van der Waals surface area contributed by atoms with E-state index in [0.29, 0.717) is 18.6 Å². The maximum Gasteiger partial charge on any atom is 0.252 e. The van der Waals surface area contributed by atoms with Gasteiger partial charge in [-0.15, -0.1) is 0 Å². The lowest BCUT2D eigenvalue weighted by Crippen LogP contribution is -2.47. The molecule has 0 bridgehead atoms. The van der Waals surface area contributed by atoms with Crippen molar-refractivity contribution in [3.05, 3.63) is 48.0 Å². The van der Waals surface area contributed by atoms with E-state index in [2.05, 4.69) is 39.2 Å². The molecule has 0 aliphatic carbocycles. The summed E-state index contributed by atoms with van der Waals surface area (Å²) in [5.41, 5.74) is 6.05. The summed E-state index contributed by atoms with van der Waals surface area (Å²) in [4.78, 5) is 24.6. The lowest BCUT2D eigenvalue weighted by Gasteiger charge is -2.36. The summed E-state index contributed by atoms with van der Waals surface area (Å²) in [7, 11) is -1.91. The van der Waals surface area contributed by atoms with Crippen LogP contribution in [0.1, 0.15) is 37.6 Å². The first kappa shape index (κ1) is 21.1. The van der Waals surface area contributed by atoms with E-state index in [4.69, 9.17) is 10.2 Å². The quantitative estimate of drug-likeness (QED) is 0.710. The standard InChI is InChI=1S/C21H30N2O3Si/c1-21(2,3)27(4,5)26-14-13-18(19(22)24)23-20(25)17-12-8-10-15-9-6-7-11-16(15)17/h6-12,18H,13-14H2,1-5H3,(H2,22,24)(H,23,25)/t18-/m0/s1. The van der Waals surface area contributed by atoms with Crippen LogP contribution in [0.15, 0.2) is 42.5 Å². The molecular formula is C21H30N2O3Si. The third-order valence-corrected chi connectivity index (χ3v) is 9.90. The number of amides is 2. The Morgan fingerprint density at radius 1 is 1.11 bits per heavy atom. The van der Waals surface area contributed by atoms with Crippen LogP contribution in [-0.4, -0.2) is 32.8 Å². The molecule has 2 rings (SSSR count). The molecule has 0 saturated heterocycles. The van der Waals surface area contributed by atoms with Gasteiger partial charge in [0.1, 0.15) is 6.04 Å². The Morgan fingerprint density at radius 2 is 1.74 bits per heavy atom. The second-order valence-electron chi connectivity index (χ2n) is 8.35. The minimum absolute atomic E-state index is 0.0847. The van der Waals surface area contributed by atoms with Crippen molar-refractivity contribution in [2.45, 2.75) is 51.4 Å². The first-order chi connectivity index (χ1) is 12.5. The van der Waals surface area contributed by atoms with Gasteiger partial charge in [-0.1, -0.05) is 57.2 Å². The van der Waals surface area contributed by atoms with E-state index < -0.39 is 20.3 Å². The molecule has 1 atom stereocenters. The van der Waals surface area contributed by atoms with Gasteiger partial charge >= 0.3 is 0 Å². The second-order valence-corrected chi connectivity index (χ2v) is 13.2. The van der Waals surface area contributed by atoms with Gasteiger partial charge in [-0.05, 0) is 41.4 Å². The summed E-state index contributed by atoms with van der Waals surface area (Å²) in [5, 5.41) is 4.68. The molecule has 0 aromatic heterocycles. The Kier molecular flexibility index (Phi) is 6.44. The average Bonchev–Trinajstić information content (AvgIpc) is 2.59. The van der Waals surface area contributed by atoms with E-state index in [1.807, 2.05) is 36.4 Å². The predicted molar refractivity (Wildman–Crippen MR) is 112 cm³/mol. The summed E-state index contributed by atoms with van der Waals surface area (Å²) in [6, 6.07) is 12.4. The Labute approximate surface area is 162 Å². The third-order valence-electron chi connectivity index (χ3n) is 5.36. The zero-order valence-electron chi connectivity index (χ0n) is 16.8. The van der Waals surface area contributed by atoms with Gasteiger partial charge in [0.15, 0.2) is 8.32 Å². The van der Waals surface area contributed by atoms with Crippen LogP contribution in [0.25, 0.3) is 10.8 Å². The van der Waals surface area contributed by atoms with Crippen LogP contribution in [0.2, 0.25) is 18.1 Å². The van der Waals surface area contributed by atoms with Crippen LogP contribution in [-0.2, 0) is 9.22 Å². The van der Waals surface area contributed by atoms with E-state index in [9.17, 15) is 9.59 Å². The van der Waals surface area contributed by atoms with Crippen LogP contribution >= 0.6 is 0 Å². The zero-order chi connectivity index (χ0) is 20.2. The fourth-order valence-corrected chi connectivity index (χ4v) is 3.65. The molecule has 0 fully saturated rings. The van der Waals surface area contributed by atoms with Crippen molar-refractivity contribution in [2.75, 3.05) is 6.61 Å². The van der Waals surface area contributed by atoms with Gasteiger partial charge in [-0.25, -0.2) is 0 Å². The molecule has 0 saturated carbocycles. The largest absolute Gasteiger partial charge is 0.417 e. The highest BCUT2D eigenvalue weighted by molar-refractivity contribution is 6.74. The van der Waals surface area contributed by atoms with Crippen LogP contribution in [0.3, 0.4) is 0 Å². The number of primary amides is 1. The van der Waals surface area contributed by atoms with Crippen LogP contribution in [0, 0.1) is 0 Å². The average molecular weight is 387 g/mol. The number of hydrogen-bond acceptors (Lipinski definition) is 3. The zero-order valence-corrected chi connectivity index (χ0v) is 17.8. The van der Waals surface area contributed by atoms with Crippen LogP contribution in [0.5, 0.6) is 0 Å². The Morgan fingerprint density at radius 3 is 2.37 bits per heavy atom. The summed E-state index contributed by atoms with van der Waals surface area (Å²) >= 11 is 0. The van der Waals surface area contributed by atoms with Crippen molar-refractivity contribution >= 4 is 30.9 Å². The van der Waals surface area contributed by atoms with E-state index in [1.165, 1.54) is 0 Å². The molecule has 0 aliphatic heterocycles. The molecule has 0 radical (unpaired) electrons. The molecule has 146 valence electrons. The first-order valence-corrected chi connectivity index (χ1v) is 12.2. The fraction of sp³-hybridized carbons (Fsp3) is 0.429. The first-order valence-electron chi connectivity index (χ1n) is 9.25. The Balaban J connectivity index is 2.07. The summed E-state index contributed by atoms with van der Waals surface area (Å²) in [6.07, 6.45) is 0.359. The van der Waals surface area contributed by atoms with Gasteiger partial charge in [0.05, 0.1) is 0 Å². The minimum Gasteiger partial charge on any atom is -0.417 e. The molecule has 5 nitrogen and oxygen atoms in total. The molecule has 3 N–H and O–H groups in total. The van der Waals surface area contributed by atoms with Crippen LogP contribution < -0.4 is 11.1 Å². The SMILES string of the molecule is CC(C)(C)[Si](C)(C)OCC[C@H](NC(=O)c1cccc2ccccc12)C(N)=O. The van der Waals surface area contributed by atoms with Gasteiger partial charge < -0.3 is 15.5 Å². The lowest BCUT2D eigenvalue weighted by molar-refractivity contribution is -0.120. The smallest absolute Gasteiger partial charge is 0.252 e. The number of carbonyl (C=O) groups is 2. The highest BCUT2D eigenvalue weighted by Gasteiger charge is 2.37. The van der Waals surface area contributed by atoms with Gasteiger partial charge in [0, 0.05) is 12.2 Å². The number of carbonyl (C=O) groups excluding carboxylic acids is 2. The second kappa shape index (κ2) is 8.23. The van der Waals surface area contributed by atoms with E-state index in [1.54, 1.807) is 6.07 Å². The third kappa shape index (κ3) is 5.17. The minimum atomic E-state index is -1.91. The number of fused-ring (bicyclic) bond motifs is 1. The van der Waals surface area contributed by atoms with Crippen molar-refractivity contribution in [1.29, 1.82) is 0 Å². The maximum atomic E-state index is 12.7. The number of hydrogen-bond donors (Lipinski definition) is 2. The molecule has 2 amide bonds. The molecule has 2 aromatic rings. The van der Waals surface area contributed by atoms with Gasteiger partial charge in [-0.3, -0.25) is 9.59 Å². The van der Waals surface area contributed by atoms with Crippen LogP contribution in [0.4, 0.5) is 0 Å². The van der Waals surface area contributed by atoms with E-state index in [-0.39, 0.29) is 10.9 Å². The van der Waals surface area contributed by atoms with Gasteiger partial charge in [0.25, 0.3) is 5.91 Å². The maximum absolute atomic E-state index is 12.7. The lowest BCUT2D eigenvalue weighted by atomic mass is 10.0. The molecule has 0 heterocycles. The van der Waals surface area contributed by atoms with Gasteiger partial charge in [0.2, 0.25) is 5.91 Å². The molecule has 0 spiro atoms. The molecule has 0 unspecified atom stereocenters. The highest BCUT2D eigenvalue weighted by atomic mass is 28.4.